The molecule has 0 atom stereocenters. The topological polar surface area (TPSA) is 85.6 Å². The molecule has 0 aliphatic rings. The zero-order valence-corrected chi connectivity index (χ0v) is 14.5. The van der Waals surface area contributed by atoms with Gasteiger partial charge < -0.3 is 10.1 Å². The van der Waals surface area contributed by atoms with Crippen LogP contribution in [0, 0.1) is 0 Å². The van der Waals surface area contributed by atoms with Crippen LogP contribution in [0.4, 0.5) is 0 Å². The van der Waals surface area contributed by atoms with Gasteiger partial charge in [0, 0.05) is 25.6 Å². The Kier molecular flexibility index (Phi) is 5.58. The quantitative estimate of drug-likeness (QED) is 0.694. The van der Waals surface area contributed by atoms with Crippen LogP contribution in [0.2, 0.25) is 0 Å². The molecule has 1 N–H and O–H groups in total. The molecule has 0 saturated heterocycles. The Morgan fingerprint density at radius 2 is 1.92 bits per heavy atom. The Labute approximate surface area is 150 Å². The summed E-state index contributed by atoms with van der Waals surface area (Å²) in [4.78, 5) is 24.4. The molecule has 26 heavy (non-hydrogen) atoms. The van der Waals surface area contributed by atoms with Crippen molar-refractivity contribution in [2.75, 3.05) is 13.7 Å². The first kappa shape index (κ1) is 17.6. The molecule has 0 bridgehead atoms. The molecule has 7 heteroatoms. The highest BCUT2D eigenvalue weighted by molar-refractivity contribution is 5.76. The first-order chi connectivity index (χ1) is 12.7. The number of ether oxygens (including phenoxy) is 1. The molecule has 3 rings (SSSR count). The van der Waals surface area contributed by atoms with Crippen LogP contribution in [-0.4, -0.2) is 34.2 Å². The third-order valence-corrected chi connectivity index (χ3v) is 4.08. The highest BCUT2D eigenvalue weighted by atomic mass is 16.5. The molecule has 2 aromatic heterocycles. The van der Waals surface area contributed by atoms with Gasteiger partial charge in [-0.2, -0.15) is 0 Å². The number of methoxy groups -OCH3 is 1. The first-order valence-corrected chi connectivity index (χ1v) is 8.40. The van der Waals surface area contributed by atoms with Crippen LogP contribution in [-0.2, 0) is 17.6 Å². The van der Waals surface area contributed by atoms with E-state index in [0.29, 0.717) is 18.6 Å². The number of para-hydroxylation sites is 1. The van der Waals surface area contributed by atoms with E-state index in [0.717, 1.165) is 11.3 Å². The highest BCUT2D eigenvalue weighted by Gasteiger charge is 2.09. The average molecular weight is 352 g/mol. The van der Waals surface area contributed by atoms with Crippen molar-refractivity contribution in [3.63, 3.8) is 0 Å². The molecule has 2 heterocycles. The number of fused-ring (bicyclic) bond motifs is 1. The number of nitrogens with zero attached hydrogens (tertiary/aromatic N) is 3. The van der Waals surface area contributed by atoms with Gasteiger partial charge in [0.2, 0.25) is 5.91 Å². The number of aryl methyl sites for hydroxylation is 1. The second-order valence-electron chi connectivity index (χ2n) is 5.79. The summed E-state index contributed by atoms with van der Waals surface area (Å²) in [6.07, 6.45) is 2.76. The molecular weight excluding hydrogens is 332 g/mol. The minimum absolute atomic E-state index is 0.126. The predicted octanol–water partition coefficient (Wildman–Crippen LogP) is 1.39. The molecule has 0 unspecified atom stereocenters. The van der Waals surface area contributed by atoms with Gasteiger partial charge in [-0.15, -0.1) is 10.2 Å². The van der Waals surface area contributed by atoms with Gasteiger partial charge in [-0.25, -0.2) is 0 Å². The van der Waals surface area contributed by atoms with Gasteiger partial charge in [0.1, 0.15) is 11.4 Å². The minimum Gasteiger partial charge on any atom is -0.496 e. The molecule has 0 aliphatic heterocycles. The van der Waals surface area contributed by atoms with Gasteiger partial charge >= 0.3 is 0 Å². The summed E-state index contributed by atoms with van der Waals surface area (Å²) >= 11 is 0. The fourth-order valence-corrected chi connectivity index (χ4v) is 2.70. The van der Waals surface area contributed by atoms with Crippen LogP contribution in [0.25, 0.3) is 5.65 Å². The summed E-state index contributed by atoms with van der Waals surface area (Å²) in [6, 6.07) is 13.0. The fourth-order valence-electron chi connectivity index (χ4n) is 2.70. The maximum atomic E-state index is 12.3. The van der Waals surface area contributed by atoms with Crippen LogP contribution >= 0.6 is 0 Å². The summed E-state index contributed by atoms with van der Waals surface area (Å²) in [5.41, 5.74) is 1.57. The zero-order chi connectivity index (χ0) is 18.4. The number of carbonyl (C=O) groups is 1. The molecule has 7 nitrogen and oxygen atoms in total. The third-order valence-electron chi connectivity index (χ3n) is 4.08. The second kappa shape index (κ2) is 8.24. The Morgan fingerprint density at radius 3 is 2.77 bits per heavy atom. The maximum Gasteiger partial charge on any atom is 0.279 e. The van der Waals surface area contributed by atoms with Crippen molar-refractivity contribution in [2.24, 2.45) is 0 Å². The predicted molar refractivity (Wildman–Crippen MR) is 97.3 cm³/mol. The molecule has 3 aromatic rings. The lowest BCUT2D eigenvalue weighted by molar-refractivity contribution is -0.121. The second-order valence-corrected chi connectivity index (χ2v) is 5.79. The number of hydrogen-bond acceptors (Lipinski definition) is 5. The Balaban J connectivity index is 1.53. The lowest BCUT2D eigenvalue weighted by atomic mass is 10.1. The summed E-state index contributed by atoms with van der Waals surface area (Å²) in [5.74, 6) is 0.681. The van der Waals surface area contributed by atoms with Gasteiger partial charge in [0.05, 0.1) is 7.11 Å². The summed E-state index contributed by atoms with van der Waals surface area (Å²) in [7, 11) is 1.63. The van der Waals surface area contributed by atoms with E-state index in [1.807, 2.05) is 24.3 Å². The van der Waals surface area contributed by atoms with E-state index in [4.69, 9.17) is 4.74 Å². The standard InChI is InChI=1S/C19H20N4O3/c1-26-16-7-3-2-6-14(16)11-12-20-18(24)10-9-15-19(25)23-13-5-4-8-17(23)22-21-15/h2-8,13H,9-12H2,1H3,(H,20,24). The number of aromatic nitrogens is 3. The summed E-state index contributed by atoms with van der Waals surface area (Å²) < 4.78 is 6.72. The summed E-state index contributed by atoms with van der Waals surface area (Å²) in [6.45, 7) is 0.502. The van der Waals surface area contributed by atoms with Crippen LogP contribution in [0.3, 0.4) is 0 Å². The Hall–Kier alpha value is -3.22. The van der Waals surface area contributed by atoms with Crippen molar-refractivity contribution in [1.82, 2.24) is 19.9 Å². The van der Waals surface area contributed by atoms with Gasteiger partial charge in [-0.05, 0) is 30.2 Å². The minimum atomic E-state index is -0.238. The summed E-state index contributed by atoms with van der Waals surface area (Å²) in [5, 5.41) is 10.8. The van der Waals surface area contributed by atoms with E-state index >= 15 is 0 Å². The van der Waals surface area contributed by atoms with Gasteiger partial charge in [0.15, 0.2) is 5.65 Å². The number of amides is 1. The molecule has 0 fully saturated rings. The normalized spacial score (nSPS) is 10.7. The van der Waals surface area contributed by atoms with Crippen LogP contribution in [0.5, 0.6) is 5.75 Å². The van der Waals surface area contributed by atoms with Crippen LogP contribution < -0.4 is 15.6 Å². The molecule has 0 aliphatic carbocycles. The smallest absolute Gasteiger partial charge is 0.279 e. The van der Waals surface area contributed by atoms with Crippen molar-refractivity contribution in [3.05, 3.63) is 70.3 Å². The van der Waals surface area contributed by atoms with Gasteiger partial charge in [0.25, 0.3) is 5.56 Å². The number of carbonyl (C=O) groups excluding carboxylic acids is 1. The zero-order valence-electron chi connectivity index (χ0n) is 14.5. The average Bonchev–Trinajstić information content (AvgIpc) is 2.68. The Bertz CT molecular complexity index is 968. The number of nitrogens with one attached hydrogen (secondary N) is 1. The fraction of sp³-hybridized carbons (Fsp3) is 0.263. The lowest BCUT2D eigenvalue weighted by Gasteiger charge is -2.09. The van der Waals surface area contributed by atoms with E-state index in [-0.39, 0.29) is 30.0 Å². The maximum absolute atomic E-state index is 12.3. The van der Waals surface area contributed by atoms with Crippen LogP contribution in [0.1, 0.15) is 17.7 Å². The van der Waals surface area contributed by atoms with Crippen molar-refractivity contribution < 1.29 is 9.53 Å². The molecule has 134 valence electrons. The van der Waals surface area contributed by atoms with Crippen molar-refractivity contribution in [3.8, 4) is 5.75 Å². The molecule has 0 radical (unpaired) electrons. The molecule has 1 amide bonds. The first-order valence-electron chi connectivity index (χ1n) is 8.40. The van der Waals surface area contributed by atoms with E-state index in [9.17, 15) is 9.59 Å². The van der Waals surface area contributed by atoms with Crippen molar-refractivity contribution >= 4 is 11.6 Å². The third kappa shape index (κ3) is 4.05. The van der Waals surface area contributed by atoms with Crippen molar-refractivity contribution in [1.29, 1.82) is 0 Å². The van der Waals surface area contributed by atoms with E-state index in [1.54, 1.807) is 31.5 Å². The number of hydrogen-bond donors (Lipinski definition) is 1. The molecule has 0 saturated carbocycles. The van der Waals surface area contributed by atoms with E-state index in [1.165, 1.54) is 4.40 Å². The number of benzene rings is 1. The van der Waals surface area contributed by atoms with Crippen molar-refractivity contribution in [2.45, 2.75) is 19.3 Å². The van der Waals surface area contributed by atoms with Gasteiger partial charge in [-0.3, -0.25) is 14.0 Å². The van der Waals surface area contributed by atoms with Crippen LogP contribution in [0.15, 0.2) is 53.5 Å². The molecule has 0 spiro atoms. The van der Waals surface area contributed by atoms with E-state index in [2.05, 4.69) is 15.5 Å². The SMILES string of the molecule is COc1ccccc1CCNC(=O)CCc1nnc2ccccn2c1=O. The number of pyridine rings is 1. The lowest BCUT2D eigenvalue weighted by Crippen LogP contribution is -2.28. The Morgan fingerprint density at radius 1 is 1.12 bits per heavy atom. The van der Waals surface area contributed by atoms with Gasteiger partial charge in [-0.1, -0.05) is 24.3 Å². The monoisotopic (exact) mass is 352 g/mol. The number of rotatable bonds is 7. The largest absolute Gasteiger partial charge is 0.496 e. The molecule has 1 aromatic carbocycles. The highest BCUT2D eigenvalue weighted by Crippen LogP contribution is 2.17. The van der Waals surface area contributed by atoms with E-state index < -0.39 is 0 Å². The molecular formula is C19H20N4O3.